The molecule has 1 fully saturated rings. The average Bonchev–Trinajstić information content (AvgIpc) is 3.35. The molecule has 0 unspecified atom stereocenters. The molecule has 21 heavy (non-hydrogen) atoms. The smallest absolute Gasteiger partial charge is 0.227 e. The zero-order valence-corrected chi connectivity index (χ0v) is 12.5. The molecule has 0 saturated heterocycles. The Morgan fingerprint density at radius 1 is 1.10 bits per heavy atom. The van der Waals surface area contributed by atoms with Crippen LogP contribution in [0, 0.1) is 5.92 Å². The molecule has 3 nitrogen and oxygen atoms in total. The molecule has 3 heteroatoms. The number of benzene rings is 1. The minimum atomic E-state index is 0.167. The first-order valence-corrected chi connectivity index (χ1v) is 8.14. The molecule has 0 aromatic heterocycles. The molecule has 2 N–H and O–H groups in total. The first-order valence-electron chi connectivity index (χ1n) is 8.14. The maximum atomic E-state index is 11.7. The zero-order valence-electron chi connectivity index (χ0n) is 12.5. The van der Waals surface area contributed by atoms with Crippen LogP contribution in [0.5, 0.6) is 0 Å². The van der Waals surface area contributed by atoms with Gasteiger partial charge in [0, 0.05) is 23.8 Å². The highest BCUT2D eigenvalue weighted by Crippen LogP contribution is 2.30. The lowest BCUT2D eigenvalue weighted by atomic mass is 9.97. The SMILES string of the molecule is O=C(Nc1ccc(NCCC2=CCCCC2)cc1)C1CC1. The predicted molar refractivity (Wildman–Crippen MR) is 87.5 cm³/mol. The molecule has 0 bridgehead atoms. The number of nitrogens with one attached hydrogen (secondary N) is 2. The number of carbonyl (C=O) groups excluding carboxylic acids is 1. The van der Waals surface area contributed by atoms with Crippen LogP contribution in [0.25, 0.3) is 0 Å². The number of anilines is 2. The Balaban J connectivity index is 1.43. The van der Waals surface area contributed by atoms with E-state index in [0.29, 0.717) is 0 Å². The van der Waals surface area contributed by atoms with Crippen molar-refractivity contribution in [2.45, 2.75) is 44.9 Å². The number of hydrogen-bond donors (Lipinski definition) is 2. The molecule has 2 aliphatic rings. The summed E-state index contributed by atoms with van der Waals surface area (Å²) < 4.78 is 0. The van der Waals surface area contributed by atoms with E-state index in [-0.39, 0.29) is 11.8 Å². The Labute approximate surface area is 126 Å². The fraction of sp³-hybridized carbons (Fsp3) is 0.500. The van der Waals surface area contributed by atoms with Crippen molar-refractivity contribution in [2.24, 2.45) is 5.92 Å². The molecule has 0 spiro atoms. The van der Waals surface area contributed by atoms with Gasteiger partial charge in [0.25, 0.3) is 0 Å². The van der Waals surface area contributed by atoms with Crippen LogP contribution in [-0.4, -0.2) is 12.5 Å². The van der Waals surface area contributed by atoms with E-state index < -0.39 is 0 Å². The molecule has 0 radical (unpaired) electrons. The van der Waals surface area contributed by atoms with Crippen molar-refractivity contribution in [3.05, 3.63) is 35.9 Å². The molecule has 112 valence electrons. The summed E-state index contributed by atoms with van der Waals surface area (Å²) in [6.07, 6.45) is 10.9. The second-order valence-electron chi connectivity index (χ2n) is 6.13. The molecule has 2 aliphatic carbocycles. The van der Waals surface area contributed by atoms with Gasteiger partial charge in [-0.3, -0.25) is 4.79 Å². The van der Waals surface area contributed by atoms with Crippen molar-refractivity contribution in [1.29, 1.82) is 0 Å². The van der Waals surface area contributed by atoms with Crippen molar-refractivity contribution >= 4 is 17.3 Å². The van der Waals surface area contributed by atoms with Crippen LogP contribution in [0.15, 0.2) is 35.9 Å². The van der Waals surface area contributed by atoms with E-state index in [1.165, 1.54) is 25.7 Å². The lowest BCUT2D eigenvalue weighted by Crippen LogP contribution is -2.13. The van der Waals surface area contributed by atoms with Crippen molar-refractivity contribution in [3.8, 4) is 0 Å². The van der Waals surface area contributed by atoms with Crippen molar-refractivity contribution < 1.29 is 4.79 Å². The summed E-state index contributed by atoms with van der Waals surface area (Å²) in [6.45, 7) is 0.986. The van der Waals surface area contributed by atoms with Crippen LogP contribution in [0.2, 0.25) is 0 Å². The Hall–Kier alpha value is -1.77. The second-order valence-corrected chi connectivity index (χ2v) is 6.13. The van der Waals surface area contributed by atoms with Gasteiger partial charge in [-0.2, -0.15) is 0 Å². The topological polar surface area (TPSA) is 41.1 Å². The summed E-state index contributed by atoms with van der Waals surface area (Å²) in [5.41, 5.74) is 3.62. The minimum Gasteiger partial charge on any atom is -0.385 e. The van der Waals surface area contributed by atoms with Crippen molar-refractivity contribution in [1.82, 2.24) is 0 Å². The molecule has 3 rings (SSSR count). The van der Waals surface area contributed by atoms with E-state index in [0.717, 1.165) is 37.2 Å². The third-order valence-corrected chi connectivity index (χ3v) is 4.26. The van der Waals surface area contributed by atoms with Gasteiger partial charge in [0.1, 0.15) is 0 Å². The van der Waals surface area contributed by atoms with E-state index >= 15 is 0 Å². The van der Waals surface area contributed by atoms with Crippen LogP contribution >= 0.6 is 0 Å². The molecule has 0 aliphatic heterocycles. The Morgan fingerprint density at radius 3 is 2.52 bits per heavy atom. The van der Waals surface area contributed by atoms with Gasteiger partial charge in [-0.15, -0.1) is 0 Å². The molecule has 0 atom stereocenters. The summed E-state index contributed by atoms with van der Waals surface area (Å²) in [5, 5.41) is 6.42. The highest BCUT2D eigenvalue weighted by atomic mass is 16.2. The molecule has 0 heterocycles. The molecular formula is C18H24N2O. The van der Waals surface area contributed by atoms with Gasteiger partial charge in [-0.25, -0.2) is 0 Å². The normalized spacial score (nSPS) is 18.0. The summed E-state index contributed by atoms with van der Waals surface area (Å²) in [4.78, 5) is 11.7. The molecule has 1 amide bonds. The number of allylic oxidation sites excluding steroid dienone is 1. The number of hydrogen-bond acceptors (Lipinski definition) is 2. The van der Waals surface area contributed by atoms with E-state index in [2.05, 4.69) is 16.7 Å². The lowest BCUT2D eigenvalue weighted by Gasteiger charge is -2.13. The number of rotatable bonds is 6. The summed E-state index contributed by atoms with van der Waals surface area (Å²) in [5.74, 6) is 0.423. The van der Waals surface area contributed by atoms with Gasteiger partial charge >= 0.3 is 0 Å². The summed E-state index contributed by atoms with van der Waals surface area (Å²) in [7, 11) is 0. The zero-order chi connectivity index (χ0) is 14.5. The maximum absolute atomic E-state index is 11.7. The summed E-state index contributed by atoms with van der Waals surface area (Å²) >= 11 is 0. The highest BCUT2D eigenvalue weighted by molar-refractivity contribution is 5.94. The fourth-order valence-electron chi connectivity index (χ4n) is 2.76. The standard InChI is InChI=1S/C18H24N2O/c21-18(15-6-7-15)20-17-10-8-16(9-11-17)19-13-12-14-4-2-1-3-5-14/h4,8-11,15,19H,1-3,5-7,12-13H2,(H,20,21). The van der Waals surface area contributed by atoms with Crippen LogP contribution in [-0.2, 0) is 4.79 Å². The highest BCUT2D eigenvalue weighted by Gasteiger charge is 2.29. The fourth-order valence-corrected chi connectivity index (χ4v) is 2.76. The Bertz CT molecular complexity index is 515. The van der Waals surface area contributed by atoms with Crippen molar-refractivity contribution in [2.75, 3.05) is 17.2 Å². The predicted octanol–water partition coefficient (Wildman–Crippen LogP) is 4.34. The average molecular weight is 284 g/mol. The molecule has 1 aromatic carbocycles. The molecule has 1 aromatic rings. The Morgan fingerprint density at radius 2 is 1.86 bits per heavy atom. The van der Waals surface area contributed by atoms with Crippen LogP contribution in [0.4, 0.5) is 11.4 Å². The molecular weight excluding hydrogens is 260 g/mol. The van der Waals surface area contributed by atoms with E-state index in [4.69, 9.17) is 0 Å². The van der Waals surface area contributed by atoms with Crippen molar-refractivity contribution in [3.63, 3.8) is 0 Å². The lowest BCUT2D eigenvalue weighted by molar-refractivity contribution is -0.117. The van der Waals surface area contributed by atoms with Gasteiger partial charge in [0.15, 0.2) is 0 Å². The van der Waals surface area contributed by atoms with Gasteiger partial charge in [0.05, 0.1) is 0 Å². The number of amides is 1. The first kappa shape index (κ1) is 14.2. The maximum Gasteiger partial charge on any atom is 0.227 e. The van der Waals surface area contributed by atoms with E-state index in [9.17, 15) is 4.79 Å². The van der Waals surface area contributed by atoms with Crippen LogP contribution in [0.3, 0.4) is 0 Å². The van der Waals surface area contributed by atoms with Crippen LogP contribution in [0.1, 0.15) is 44.9 Å². The van der Waals surface area contributed by atoms with E-state index in [1.807, 2.05) is 24.3 Å². The number of carbonyl (C=O) groups is 1. The third kappa shape index (κ3) is 4.35. The van der Waals surface area contributed by atoms with E-state index in [1.54, 1.807) is 5.57 Å². The monoisotopic (exact) mass is 284 g/mol. The second kappa shape index (κ2) is 6.79. The van der Waals surface area contributed by atoms with Gasteiger partial charge in [0.2, 0.25) is 5.91 Å². The van der Waals surface area contributed by atoms with Gasteiger partial charge in [-0.1, -0.05) is 11.6 Å². The molecule has 1 saturated carbocycles. The van der Waals surface area contributed by atoms with Crippen LogP contribution < -0.4 is 10.6 Å². The quantitative estimate of drug-likeness (QED) is 0.763. The third-order valence-electron chi connectivity index (χ3n) is 4.26. The largest absolute Gasteiger partial charge is 0.385 e. The first-order chi connectivity index (χ1) is 10.3. The summed E-state index contributed by atoms with van der Waals surface area (Å²) in [6, 6.07) is 8.03. The Kier molecular flexibility index (Phi) is 4.59. The minimum absolute atomic E-state index is 0.167. The van der Waals surface area contributed by atoms with Gasteiger partial charge < -0.3 is 10.6 Å². The van der Waals surface area contributed by atoms with Gasteiger partial charge in [-0.05, 0) is 69.2 Å².